The predicted molar refractivity (Wildman–Crippen MR) is 74.0 cm³/mol. The van der Waals surface area contributed by atoms with Crippen LogP contribution in [0.4, 0.5) is 0 Å². The Balaban J connectivity index is 2.20. The van der Waals surface area contributed by atoms with E-state index < -0.39 is 17.4 Å². The number of allylic oxidation sites excluding steroid dienone is 6. The molecule has 0 bridgehead atoms. The molecule has 2 aliphatic carbocycles. The lowest BCUT2D eigenvalue weighted by Crippen LogP contribution is -2.52. The number of carbonyl (C=O) groups is 2. The predicted octanol–water partition coefficient (Wildman–Crippen LogP) is 1.37. The van der Waals surface area contributed by atoms with Gasteiger partial charge in [0.1, 0.15) is 6.04 Å². The molecule has 2 amide bonds. The molecule has 19 heavy (non-hydrogen) atoms. The number of rotatable bonds is 3. The van der Waals surface area contributed by atoms with E-state index in [1.807, 2.05) is 45.1 Å². The average molecular weight is 258 g/mol. The molecule has 0 fully saturated rings. The van der Waals surface area contributed by atoms with Crippen molar-refractivity contribution in [2.24, 2.45) is 11.1 Å². The van der Waals surface area contributed by atoms with E-state index >= 15 is 0 Å². The van der Waals surface area contributed by atoms with Gasteiger partial charge in [0, 0.05) is 5.57 Å². The van der Waals surface area contributed by atoms with Gasteiger partial charge in [0.05, 0.1) is 0 Å². The monoisotopic (exact) mass is 258 g/mol. The molecule has 0 saturated heterocycles. The summed E-state index contributed by atoms with van der Waals surface area (Å²) in [7, 11) is 0. The van der Waals surface area contributed by atoms with Gasteiger partial charge in [-0.1, -0.05) is 45.1 Å². The molecule has 1 atom stereocenters. The summed E-state index contributed by atoms with van der Waals surface area (Å²) < 4.78 is 0. The summed E-state index contributed by atoms with van der Waals surface area (Å²) in [6, 6.07) is -0.695. The summed E-state index contributed by atoms with van der Waals surface area (Å²) in [4.78, 5) is 23.7. The van der Waals surface area contributed by atoms with E-state index in [0.29, 0.717) is 5.57 Å². The quantitative estimate of drug-likeness (QED) is 0.802. The molecule has 0 aromatic rings. The lowest BCUT2D eigenvalue weighted by Gasteiger charge is -2.28. The van der Waals surface area contributed by atoms with Crippen LogP contribution in [0.15, 0.2) is 47.1 Å². The van der Waals surface area contributed by atoms with Crippen molar-refractivity contribution in [1.29, 1.82) is 0 Å². The average Bonchev–Trinajstić information content (AvgIpc) is 2.84. The summed E-state index contributed by atoms with van der Waals surface area (Å²) in [5, 5.41) is 2.73. The van der Waals surface area contributed by atoms with Crippen molar-refractivity contribution in [3.63, 3.8) is 0 Å². The standard InChI is InChI=1S/C15H18N2O2/c1-15(2,3)12(13(16)18)17-14(19)11-8-7-9-5-4-6-10(9)11/h4-8,12H,1-3H3,(H2,16,18)(H,17,19). The largest absolute Gasteiger partial charge is 0.368 e. The third-order valence-electron chi connectivity index (χ3n) is 3.24. The van der Waals surface area contributed by atoms with Crippen LogP contribution < -0.4 is 11.1 Å². The van der Waals surface area contributed by atoms with Crippen LogP contribution in [0.5, 0.6) is 0 Å². The SMILES string of the molecule is CC(C)(C)C(NC(=O)C1=C2C=CC=C2C=C1)C(N)=O. The minimum atomic E-state index is -0.695. The summed E-state index contributed by atoms with van der Waals surface area (Å²) >= 11 is 0. The van der Waals surface area contributed by atoms with Crippen LogP contribution in [-0.2, 0) is 9.59 Å². The third kappa shape index (κ3) is 2.52. The van der Waals surface area contributed by atoms with E-state index in [1.54, 1.807) is 6.08 Å². The first-order chi connectivity index (χ1) is 8.80. The Morgan fingerprint density at radius 1 is 1.21 bits per heavy atom. The fourth-order valence-electron chi connectivity index (χ4n) is 2.21. The van der Waals surface area contributed by atoms with Gasteiger partial charge in [0.25, 0.3) is 5.91 Å². The molecule has 0 aromatic heterocycles. The zero-order valence-corrected chi connectivity index (χ0v) is 11.4. The third-order valence-corrected chi connectivity index (χ3v) is 3.24. The lowest BCUT2D eigenvalue weighted by atomic mass is 9.86. The van der Waals surface area contributed by atoms with Crippen molar-refractivity contribution in [2.45, 2.75) is 26.8 Å². The Kier molecular flexibility index (Phi) is 3.18. The highest BCUT2D eigenvalue weighted by atomic mass is 16.2. The first-order valence-corrected chi connectivity index (χ1v) is 6.22. The zero-order valence-electron chi connectivity index (χ0n) is 11.4. The van der Waals surface area contributed by atoms with Crippen LogP contribution in [0.3, 0.4) is 0 Å². The van der Waals surface area contributed by atoms with Crippen LogP contribution in [0, 0.1) is 5.41 Å². The molecule has 0 heterocycles. The highest BCUT2D eigenvalue weighted by Crippen LogP contribution is 2.30. The highest BCUT2D eigenvalue weighted by molar-refractivity contribution is 6.02. The molecular weight excluding hydrogens is 240 g/mol. The first kappa shape index (κ1) is 13.3. The minimum Gasteiger partial charge on any atom is -0.368 e. The molecule has 0 spiro atoms. The van der Waals surface area contributed by atoms with Crippen LogP contribution >= 0.6 is 0 Å². The fourth-order valence-corrected chi connectivity index (χ4v) is 2.21. The molecule has 4 heteroatoms. The molecule has 0 radical (unpaired) electrons. The molecule has 0 aliphatic heterocycles. The topological polar surface area (TPSA) is 72.2 Å². The van der Waals surface area contributed by atoms with E-state index in [9.17, 15) is 9.59 Å². The maximum absolute atomic E-state index is 12.3. The van der Waals surface area contributed by atoms with Gasteiger partial charge in [-0.15, -0.1) is 0 Å². The fraction of sp³-hybridized carbons (Fsp3) is 0.333. The second-order valence-corrected chi connectivity index (χ2v) is 5.82. The molecule has 3 N–H and O–H groups in total. The van der Waals surface area contributed by atoms with Gasteiger partial charge in [0.15, 0.2) is 0 Å². The van der Waals surface area contributed by atoms with E-state index in [4.69, 9.17) is 5.73 Å². The van der Waals surface area contributed by atoms with E-state index in [1.165, 1.54) is 0 Å². The van der Waals surface area contributed by atoms with E-state index in [0.717, 1.165) is 11.1 Å². The Morgan fingerprint density at radius 2 is 1.89 bits per heavy atom. The number of hydrogen-bond acceptors (Lipinski definition) is 2. The van der Waals surface area contributed by atoms with Gasteiger partial charge < -0.3 is 11.1 Å². The number of nitrogens with one attached hydrogen (secondary N) is 1. The van der Waals surface area contributed by atoms with Crippen LogP contribution in [0.25, 0.3) is 0 Å². The summed E-state index contributed by atoms with van der Waals surface area (Å²) in [5.41, 5.74) is 7.45. The molecule has 100 valence electrons. The molecule has 1 unspecified atom stereocenters. The van der Waals surface area contributed by atoms with Crippen LogP contribution in [0.1, 0.15) is 20.8 Å². The van der Waals surface area contributed by atoms with Gasteiger partial charge in [-0.25, -0.2) is 0 Å². The lowest BCUT2D eigenvalue weighted by molar-refractivity contribution is -0.127. The van der Waals surface area contributed by atoms with E-state index in [-0.39, 0.29) is 5.91 Å². The molecule has 0 aromatic carbocycles. The van der Waals surface area contributed by atoms with Gasteiger partial charge >= 0.3 is 0 Å². The number of carbonyl (C=O) groups excluding carboxylic acids is 2. The van der Waals surface area contributed by atoms with Crippen molar-refractivity contribution in [1.82, 2.24) is 5.32 Å². The maximum atomic E-state index is 12.3. The second-order valence-electron chi connectivity index (χ2n) is 5.82. The smallest absolute Gasteiger partial charge is 0.252 e. The Morgan fingerprint density at radius 3 is 2.47 bits per heavy atom. The highest BCUT2D eigenvalue weighted by Gasteiger charge is 2.32. The van der Waals surface area contributed by atoms with Gasteiger partial charge in [-0.2, -0.15) is 0 Å². The number of fused-ring (bicyclic) bond motifs is 1. The van der Waals surface area contributed by atoms with Crippen LogP contribution in [0.2, 0.25) is 0 Å². The maximum Gasteiger partial charge on any atom is 0.252 e. The zero-order chi connectivity index (χ0) is 14.2. The molecule has 0 saturated carbocycles. The van der Waals surface area contributed by atoms with Crippen molar-refractivity contribution in [3.05, 3.63) is 47.1 Å². The number of amides is 2. The van der Waals surface area contributed by atoms with Crippen LogP contribution in [-0.4, -0.2) is 17.9 Å². The first-order valence-electron chi connectivity index (χ1n) is 6.22. The van der Waals surface area contributed by atoms with Crippen molar-refractivity contribution >= 4 is 11.8 Å². The van der Waals surface area contributed by atoms with Gasteiger partial charge in [0.2, 0.25) is 5.91 Å². The Labute approximate surface area is 112 Å². The van der Waals surface area contributed by atoms with Crippen molar-refractivity contribution < 1.29 is 9.59 Å². The molecule has 2 rings (SSSR count). The Hall–Kier alpha value is -2.10. The summed E-state index contributed by atoms with van der Waals surface area (Å²) in [6.45, 7) is 5.60. The van der Waals surface area contributed by atoms with Gasteiger partial charge in [-0.3, -0.25) is 9.59 Å². The molecule has 4 nitrogen and oxygen atoms in total. The van der Waals surface area contributed by atoms with Gasteiger partial charge in [-0.05, 0) is 22.6 Å². The van der Waals surface area contributed by atoms with Crippen molar-refractivity contribution in [3.8, 4) is 0 Å². The summed E-state index contributed by atoms with van der Waals surface area (Å²) in [6.07, 6.45) is 9.39. The second kappa shape index (κ2) is 4.53. The summed E-state index contributed by atoms with van der Waals surface area (Å²) in [5.74, 6) is -0.786. The molecule has 2 aliphatic rings. The number of primary amides is 1. The minimum absolute atomic E-state index is 0.264. The molecular formula is C15H18N2O2. The number of hydrogen-bond donors (Lipinski definition) is 2. The normalized spacial score (nSPS) is 18.4. The van der Waals surface area contributed by atoms with Crippen molar-refractivity contribution in [2.75, 3.05) is 0 Å². The Bertz CT molecular complexity index is 557. The van der Waals surface area contributed by atoms with E-state index in [2.05, 4.69) is 5.32 Å². The number of nitrogens with two attached hydrogens (primary N) is 1.